The van der Waals surface area contributed by atoms with E-state index in [1.54, 1.807) is 22.7 Å². The first kappa shape index (κ1) is 13.7. The van der Waals surface area contributed by atoms with Crippen molar-refractivity contribution in [3.05, 3.63) is 59.4 Å². The highest BCUT2D eigenvalue weighted by molar-refractivity contribution is 7.99. The maximum Gasteiger partial charge on any atom is 0.355 e. The van der Waals surface area contributed by atoms with Crippen molar-refractivity contribution in [2.45, 2.75) is 23.8 Å². The molecule has 0 saturated carbocycles. The van der Waals surface area contributed by atoms with Gasteiger partial charge in [-0.15, -0.1) is 0 Å². The molecule has 1 N–H and O–H groups in total. The number of pyridine rings is 1. The van der Waals surface area contributed by atoms with Gasteiger partial charge in [0.2, 0.25) is 0 Å². The number of carbonyl (C=O) groups is 1. The summed E-state index contributed by atoms with van der Waals surface area (Å²) >= 11 is 1.39. The zero-order valence-electron chi connectivity index (χ0n) is 11.7. The molecule has 2 heterocycles. The van der Waals surface area contributed by atoms with Crippen LogP contribution in [0.4, 0.5) is 0 Å². The number of nitrogens with zero attached hydrogens (tertiary/aromatic N) is 2. The number of imidazole rings is 1. The fraction of sp³-hybridized carbons (Fsp3) is 0.125. The van der Waals surface area contributed by atoms with Crippen LogP contribution in [0.25, 0.3) is 5.65 Å². The summed E-state index contributed by atoms with van der Waals surface area (Å²) in [6, 6.07) is 11.6. The van der Waals surface area contributed by atoms with Crippen LogP contribution in [-0.4, -0.2) is 20.5 Å². The van der Waals surface area contributed by atoms with E-state index in [2.05, 4.69) is 11.1 Å². The third-order valence-corrected chi connectivity index (χ3v) is 4.39. The number of fused-ring (bicyclic) bond motifs is 1. The second-order valence-electron chi connectivity index (χ2n) is 4.87. The van der Waals surface area contributed by atoms with Crippen LogP contribution in [0.5, 0.6) is 0 Å². The van der Waals surface area contributed by atoms with Crippen LogP contribution in [0.15, 0.2) is 52.5 Å². The van der Waals surface area contributed by atoms with Gasteiger partial charge in [0.25, 0.3) is 0 Å². The number of benzene rings is 1. The second kappa shape index (κ2) is 5.26. The summed E-state index contributed by atoms with van der Waals surface area (Å²) in [5.74, 6) is -0.971. The van der Waals surface area contributed by atoms with Crippen LogP contribution in [0, 0.1) is 13.8 Å². The number of carboxylic acids is 1. The summed E-state index contributed by atoms with van der Waals surface area (Å²) in [4.78, 5) is 17.0. The van der Waals surface area contributed by atoms with Crippen LogP contribution in [0.1, 0.15) is 21.6 Å². The SMILES string of the molecule is Cc1ccc(Sc2nc3ccccn3c2C(=O)O)c(C)c1. The van der Waals surface area contributed by atoms with Crippen LogP contribution < -0.4 is 0 Å². The van der Waals surface area contributed by atoms with Crippen molar-refractivity contribution in [1.82, 2.24) is 9.38 Å². The smallest absolute Gasteiger partial charge is 0.355 e. The minimum Gasteiger partial charge on any atom is -0.476 e. The molecule has 1 aromatic carbocycles. The van der Waals surface area contributed by atoms with Crippen molar-refractivity contribution in [2.75, 3.05) is 0 Å². The number of aromatic carboxylic acids is 1. The lowest BCUT2D eigenvalue weighted by Gasteiger charge is -2.05. The minimum absolute atomic E-state index is 0.204. The standard InChI is InChI=1S/C16H14N2O2S/c1-10-6-7-12(11(2)9-10)21-15-14(16(19)20)18-8-4-3-5-13(18)17-15/h3-9H,1-2H3,(H,19,20). The largest absolute Gasteiger partial charge is 0.476 e. The van der Waals surface area contributed by atoms with E-state index in [9.17, 15) is 9.90 Å². The summed E-state index contributed by atoms with van der Waals surface area (Å²) < 4.78 is 1.61. The molecular formula is C16H14N2O2S. The Balaban J connectivity index is 2.12. The molecule has 3 aromatic rings. The number of rotatable bonds is 3. The summed E-state index contributed by atoms with van der Waals surface area (Å²) in [6.07, 6.45) is 1.72. The lowest BCUT2D eigenvalue weighted by Crippen LogP contribution is -2.02. The Morgan fingerprint density at radius 3 is 2.76 bits per heavy atom. The quantitative estimate of drug-likeness (QED) is 0.799. The Kier molecular flexibility index (Phi) is 3.43. The van der Waals surface area contributed by atoms with E-state index in [0.717, 1.165) is 10.5 Å². The molecular weight excluding hydrogens is 284 g/mol. The molecule has 0 saturated heterocycles. The van der Waals surface area contributed by atoms with Crippen molar-refractivity contribution in [2.24, 2.45) is 0 Å². The van der Waals surface area contributed by atoms with E-state index >= 15 is 0 Å². The maximum absolute atomic E-state index is 11.6. The van der Waals surface area contributed by atoms with Gasteiger partial charge in [-0.3, -0.25) is 4.40 Å². The van der Waals surface area contributed by atoms with E-state index in [1.165, 1.54) is 17.3 Å². The van der Waals surface area contributed by atoms with Gasteiger partial charge in [0.15, 0.2) is 5.69 Å². The van der Waals surface area contributed by atoms with Gasteiger partial charge >= 0.3 is 5.97 Å². The second-order valence-corrected chi connectivity index (χ2v) is 5.90. The molecule has 0 spiro atoms. The first-order valence-electron chi connectivity index (χ1n) is 6.52. The predicted octanol–water partition coefficient (Wildman–Crippen LogP) is 3.80. The third-order valence-electron chi connectivity index (χ3n) is 3.24. The third kappa shape index (κ3) is 2.52. The van der Waals surface area contributed by atoms with E-state index in [0.29, 0.717) is 10.7 Å². The average Bonchev–Trinajstić information content (AvgIpc) is 2.80. The highest BCUT2D eigenvalue weighted by Gasteiger charge is 2.19. The highest BCUT2D eigenvalue weighted by atomic mass is 32.2. The molecule has 0 fully saturated rings. The van der Waals surface area contributed by atoms with Gasteiger partial charge in [-0.05, 0) is 37.6 Å². The topological polar surface area (TPSA) is 54.6 Å². The van der Waals surface area contributed by atoms with Crippen molar-refractivity contribution in [3.63, 3.8) is 0 Å². The lowest BCUT2D eigenvalue weighted by molar-refractivity contribution is 0.0685. The van der Waals surface area contributed by atoms with Crippen molar-refractivity contribution in [3.8, 4) is 0 Å². The fourth-order valence-electron chi connectivity index (χ4n) is 2.26. The minimum atomic E-state index is -0.971. The summed E-state index contributed by atoms with van der Waals surface area (Å²) in [5, 5.41) is 9.98. The van der Waals surface area contributed by atoms with E-state index < -0.39 is 5.97 Å². The monoisotopic (exact) mass is 298 g/mol. The van der Waals surface area contributed by atoms with Gasteiger partial charge < -0.3 is 5.11 Å². The molecule has 0 atom stereocenters. The zero-order valence-corrected chi connectivity index (χ0v) is 12.5. The molecule has 0 aliphatic rings. The van der Waals surface area contributed by atoms with Gasteiger partial charge in [-0.25, -0.2) is 9.78 Å². The van der Waals surface area contributed by atoms with Gasteiger partial charge in [-0.2, -0.15) is 0 Å². The fourth-order valence-corrected chi connectivity index (χ4v) is 3.24. The summed E-state index contributed by atoms with van der Waals surface area (Å²) in [5.41, 5.74) is 3.15. The van der Waals surface area contributed by atoms with Crippen LogP contribution >= 0.6 is 11.8 Å². The zero-order chi connectivity index (χ0) is 15.0. The number of aromatic nitrogens is 2. The maximum atomic E-state index is 11.6. The normalized spacial score (nSPS) is 11.0. The lowest BCUT2D eigenvalue weighted by atomic mass is 10.2. The number of hydrogen-bond acceptors (Lipinski definition) is 3. The molecule has 2 aromatic heterocycles. The van der Waals surface area contributed by atoms with Gasteiger partial charge in [0, 0.05) is 11.1 Å². The first-order chi connectivity index (χ1) is 10.1. The van der Waals surface area contributed by atoms with Crippen LogP contribution in [0.2, 0.25) is 0 Å². The van der Waals surface area contributed by atoms with Gasteiger partial charge in [-0.1, -0.05) is 35.5 Å². The Labute approximate surface area is 126 Å². The molecule has 0 radical (unpaired) electrons. The molecule has 0 amide bonds. The Morgan fingerprint density at radius 2 is 2.05 bits per heavy atom. The van der Waals surface area contributed by atoms with Crippen molar-refractivity contribution < 1.29 is 9.90 Å². The van der Waals surface area contributed by atoms with Crippen molar-refractivity contribution >= 4 is 23.4 Å². The number of carboxylic acid groups (broad SMARTS) is 1. The Hall–Kier alpha value is -2.27. The molecule has 0 aliphatic carbocycles. The van der Waals surface area contributed by atoms with E-state index in [4.69, 9.17) is 0 Å². The van der Waals surface area contributed by atoms with Crippen LogP contribution in [-0.2, 0) is 0 Å². The first-order valence-corrected chi connectivity index (χ1v) is 7.33. The summed E-state index contributed by atoms with van der Waals surface area (Å²) in [7, 11) is 0. The molecule has 5 heteroatoms. The highest BCUT2D eigenvalue weighted by Crippen LogP contribution is 2.33. The van der Waals surface area contributed by atoms with Crippen molar-refractivity contribution in [1.29, 1.82) is 0 Å². The molecule has 0 aliphatic heterocycles. The van der Waals surface area contributed by atoms with Gasteiger partial charge in [0.1, 0.15) is 10.7 Å². The Bertz CT molecular complexity index is 839. The number of aryl methyl sites for hydroxylation is 2. The molecule has 106 valence electrons. The Morgan fingerprint density at radius 1 is 1.24 bits per heavy atom. The van der Waals surface area contributed by atoms with E-state index in [1.807, 2.05) is 32.0 Å². The average molecular weight is 298 g/mol. The summed E-state index contributed by atoms with van der Waals surface area (Å²) in [6.45, 7) is 4.06. The molecule has 21 heavy (non-hydrogen) atoms. The van der Waals surface area contributed by atoms with Crippen LogP contribution in [0.3, 0.4) is 0 Å². The number of hydrogen-bond donors (Lipinski definition) is 1. The molecule has 4 nitrogen and oxygen atoms in total. The molecule has 0 unspecified atom stereocenters. The predicted molar refractivity (Wildman–Crippen MR) is 82.2 cm³/mol. The molecule has 3 rings (SSSR count). The van der Waals surface area contributed by atoms with E-state index in [-0.39, 0.29) is 5.69 Å². The molecule has 0 bridgehead atoms. The van der Waals surface area contributed by atoms with Gasteiger partial charge in [0.05, 0.1) is 0 Å².